The molecule has 0 spiro atoms. The minimum absolute atomic E-state index is 0.134. The van der Waals surface area contributed by atoms with Gasteiger partial charge in [0.25, 0.3) is 0 Å². The van der Waals surface area contributed by atoms with Gasteiger partial charge in [0, 0.05) is 16.7 Å². The Hall–Kier alpha value is -1.03. The van der Waals surface area contributed by atoms with Crippen molar-refractivity contribution in [3.8, 4) is 0 Å². The molecular formula is C13H16BrNO2. The van der Waals surface area contributed by atoms with Crippen molar-refractivity contribution in [3.05, 3.63) is 28.2 Å². The second-order valence-corrected chi connectivity index (χ2v) is 5.75. The van der Waals surface area contributed by atoms with Gasteiger partial charge in [-0.15, -0.1) is 0 Å². The van der Waals surface area contributed by atoms with Crippen molar-refractivity contribution in [1.82, 2.24) is 0 Å². The highest BCUT2D eigenvalue weighted by Gasteiger charge is 2.36. The third-order valence-corrected chi connectivity index (χ3v) is 3.92. The number of fused-ring (bicyclic) bond motifs is 1. The summed E-state index contributed by atoms with van der Waals surface area (Å²) in [6, 6.07) is 5.78. The second-order valence-electron chi connectivity index (χ2n) is 4.84. The van der Waals surface area contributed by atoms with E-state index in [1.807, 2.05) is 18.2 Å². The topological polar surface area (TPSA) is 49.3 Å². The lowest BCUT2D eigenvalue weighted by Gasteiger charge is -2.34. The summed E-state index contributed by atoms with van der Waals surface area (Å²) in [7, 11) is 0. The maximum atomic E-state index is 11.5. The van der Waals surface area contributed by atoms with E-state index in [0.717, 1.165) is 22.3 Å². The first-order valence-electron chi connectivity index (χ1n) is 5.77. The summed E-state index contributed by atoms with van der Waals surface area (Å²) in [6.07, 6.45) is 0. The molecule has 0 aliphatic carbocycles. The Morgan fingerprint density at radius 3 is 2.82 bits per heavy atom. The highest BCUT2D eigenvalue weighted by Crippen LogP contribution is 2.40. The van der Waals surface area contributed by atoms with Crippen molar-refractivity contribution in [2.75, 3.05) is 11.9 Å². The maximum Gasteiger partial charge on any atom is 0.311 e. The fraction of sp³-hybridized carbons (Fsp3) is 0.462. The number of carboxylic acid groups (broad SMARTS) is 1. The molecule has 2 unspecified atom stereocenters. The molecule has 92 valence electrons. The quantitative estimate of drug-likeness (QED) is 0.880. The molecule has 0 aromatic heterocycles. The predicted octanol–water partition coefficient (Wildman–Crippen LogP) is 3.32. The van der Waals surface area contributed by atoms with Gasteiger partial charge in [0.05, 0.1) is 5.92 Å². The molecule has 1 aliphatic rings. The monoisotopic (exact) mass is 297 g/mol. The molecule has 0 saturated carbocycles. The van der Waals surface area contributed by atoms with Crippen molar-refractivity contribution in [2.45, 2.75) is 19.8 Å². The Bertz CT molecular complexity index is 445. The molecule has 2 rings (SSSR count). The van der Waals surface area contributed by atoms with E-state index in [1.54, 1.807) is 0 Å². The van der Waals surface area contributed by atoms with E-state index in [0.29, 0.717) is 5.92 Å². The molecule has 1 heterocycles. The highest BCUT2D eigenvalue weighted by atomic mass is 79.9. The molecule has 1 aromatic rings. The van der Waals surface area contributed by atoms with Gasteiger partial charge < -0.3 is 10.4 Å². The van der Waals surface area contributed by atoms with Crippen molar-refractivity contribution < 1.29 is 9.90 Å². The highest BCUT2D eigenvalue weighted by molar-refractivity contribution is 9.10. The molecule has 2 atom stereocenters. The van der Waals surface area contributed by atoms with Crippen LogP contribution in [0.1, 0.15) is 25.3 Å². The van der Waals surface area contributed by atoms with Crippen LogP contribution in [0, 0.1) is 11.8 Å². The van der Waals surface area contributed by atoms with E-state index in [1.165, 1.54) is 0 Å². The van der Waals surface area contributed by atoms with Crippen LogP contribution in [-0.2, 0) is 4.79 Å². The van der Waals surface area contributed by atoms with Crippen LogP contribution >= 0.6 is 15.9 Å². The van der Waals surface area contributed by atoms with Gasteiger partial charge in [-0.05, 0) is 35.6 Å². The number of carbonyl (C=O) groups is 1. The molecule has 0 bridgehead atoms. The fourth-order valence-corrected chi connectivity index (χ4v) is 2.84. The number of aliphatic carboxylic acids is 1. The number of halogens is 1. The lowest BCUT2D eigenvalue weighted by atomic mass is 9.76. The van der Waals surface area contributed by atoms with Gasteiger partial charge in [-0.3, -0.25) is 4.79 Å². The molecule has 0 fully saturated rings. The molecule has 2 N–H and O–H groups in total. The zero-order chi connectivity index (χ0) is 12.6. The summed E-state index contributed by atoms with van der Waals surface area (Å²) >= 11 is 3.40. The molecule has 0 radical (unpaired) electrons. The molecule has 1 aromatic carbocycles. The number of carboxylic acids is 1. The zero-order valence-corrected chi connectivity index (χ0v) is 11.5. The van der Waals surface area contributed by atoms with Crippen LogP contribution in [0.3, 0.4) is 0 Å². The summed E-state index contributed by atoms with van der Waals surface area (Å²) in [4.78, 5) is 11.5. The summed E-state index contributed by atoms with van der Waals surface area (Å²) in [6.45, 7) is 4.87. The first-order valence-corrected chi connectivity index (χ1v) is 6.56. The van der Waals surface area contributed by atoms with Gasteiger partial charge in [-0.25, -0.2) is 0 Å². The first-order chi connectivity index (χ1) is 8.00. The lowest BCUT2D eigenvalue weighted by Crippen LogP contribution is -2.35. The minimum atomic E-state index is -0.732. The summed E-state index contributed by atoms with van der Waals surface area (Å²) in [5, 5.41) is 12.8. The zero-order valence-electron chi connectivity index (χ0n) is 9.90. The third-order valence-electron chi connectivity index (χ3n) is 3.43. The van der Waals surface area contributed by atoms with Gasteiger partial charge >= 0.3 is 5.97 Å². The lowest BCUT2D eigenvalue weighted by molar-refractivity contribution is -0.140. The third kappa shape index (κ3) is 2.32. The van der Waals surface area contributed by atoms with Crippen molar-refractivity contribution in [1.29, 1.82) is 0 Å². The Morgan fingerprint density at radius 1 is 1.53 bits per heavy atom. The van der Waals surface area contributed by atoms with Crippen molar-refractivity contribution in [3.63, 3.8) is 0 Å². The molecule has 4 heteroatoms. The van der Waals surface area contributed by atoms with Gasteiger partial charge in [0.2, 0.25) is 0 Å². The Labute approximate surface area is 109 Å². The normalized spacial score (nSPS) is 23.1. The number of anilines is 1. The number of benzene rings is 1. The van der Waals surface area contributed by atoms with E-state index in [4.69, 9.17) is 0 Å². The van der Waals surface area contributed by atoms with Crippen LogP contribution in [0.15, 0.2) is 22.7 Å². The molecule has 3 nitrogen and oxygen atoms in total. The van der Waals surface area contributed by atoms with E-state index in [-0.39, 0.29) is 5.92 Å². The van der Waals surface area contributed by atoms with Gasteiger partial charge in [0.1, 0.15) is 0 Å². The summed E-state index contributed by atoms with van der Waals surface area (Å²) in [5.74, 6) is -0.668. The maximum absolute atomic E-state index is 11.5. The van der Waals surface area contributed by atoms with E-state index < -0.39 is 11.9 Å². The molecule has 0 saturated heterocycles. The van der Waals surface area contributed by atoms with Gasteiger partial charge in [0.15, 0.2) is 0 Å². The number of hydrogen-bond acceptors (Lipinski definition) is 2. The second kappa shape index (κ2) is 4.69. The minimum Gasteiger partial charge on any atom is -0.481 e. The number of rotatable bonds is 2. The predicted molar refractivity (Wildman–Crippen MR) is 71.3 cm³/mol. The van der Waals surface area contributed by atoms with Crippen LogP contribution in [-0.4, -0.2) is 17.6 Å². The van der Waals surface area contributed by atoms with Crippen LogP contribution in [0.5, 0.6) is 0 Å². The number of nitrogens with one attached hydrogen (secondary N) is 1. The van der Waals surface area contributed by atoms with Crippen LogP contribution in [0.4, 0.5) is 5.69 Å². The van der Waals surface area contributed by atoms with Crippen LogP contribution in [0.25, 0.3) is 0 Å². The Balaban J connectivity index is 2.48. The van der Waals surface area contributed by atoms with Crippen molar-refractivity contribution >= 4 is 27.6 Å². The van der Waals surface area contributed by atoms with E-state index in [2.05, 4.69) is 35.1 Å². The molecule has 0 amide bonds. The van der Waals surface area contributed by atoms with E-state index >= 15 is 0 Å². The van der Waals surface area contributed by atoms with E-state index in [9.17, 15) is 9.90 Å². The molecular weight excluding hydrogens is 282 g/mol. The average Bonchev–Trinajstić information content (AvgIpc) is 2.26. The van der Waals surface area contributed by atoms with Crippen LogP contribution < -0.4 is 5.32 Å². The summed E-state index contributed by atoms with van der Waals surface area (Å²) < 4.78 is 0.925. The van der Waals surface area contributed by atoms with Crippen LogP contribution in [0.2, 0.25) is 0 Å². The Morgan fingerprint density at radius 2 is 2.24 bits per heavy atom. The Kier molecular flexibility index (Phi) is 3.43. The van der Waals surface area contributed by atoms with Gasteiger partial charge in [-0.2, -0.15) is 0 Å². The smallest absolute Gasteiger partial charge is 0.311 e. The van der Waals surface area contributed by atoms with Crippen molar-refractivity contribution in [2.24, 2.45) is 11.8 Å². The largest absolute Gasteiger partial charge is 0.481 e. The molecule has 17 heavy (non-hydrogen) atoms. The molecule has 1 aliphatic heterocycles. The average molecular weight is 298 g/mol. The van der Waals surface area contributed by atoms with Gasteiger partial charge in [-0.1, -0.05) is 29.8 Å². The SMILES string of the molecule is CC(C)C1CNc2ccc(Br)cc2C1C(=O)O. The summed E-state index contributed by atoms with van der Waals surface area (Å²) in [5.41, 5.74) is 1.83. The standard InChI is InChI=1S/C13H16BrNO2/c1-7(2)10-6-15-11-4-3-8(14)5-9(11)12(10)13(16)17/h3-5,7,10,12,15H,6H2,1-2H3,(H,16,17). The first kappa shape index (κ1) is 12.4. The fourth-order valence-electron chi connectivity index (χ4n) is 2.46. The number of hydrogen-bond donors (Lipinski definition) is 2.